The number of likely N-dealkylation sites (tertiary alicyclic amines) is 1. The third-order valence-electron chi connectivity index (χ3n) is 7.10. The molecule has 3 saturated heterocycles. The van der Waals surface area contributed by atoms with Crippen molar-refractivity contribution in [2.75, 3.05) is 45.1 Å². The van der Waals surface area contributed by atoms with Crippen molar-refractivity contribution >= 4 is 24.2 Å². The standard InChI is InChI=1S/C14H20N4O.C8H10.C5H9NO.C5H11N/c1-16-12-5-4-10(7-11(12)8-15)9-18-14(19)13-3-2-6-17-13;1-7-3-5-8(2)6-4-7;7-5-6-3-1-2-4-6;1-2-4-6-5-3-1/h4-5,7-8,13,15-17H,2-3,6,9H2,1H3,(H,18,19);3-6H,1-2H3;5H,1-4H2;6H,1-5H2. The number of carbonyl (C=O) groups is 2. The SMILES string of the molecule is C1CCNCC1.CNc1ccc(CNC(=O)C2CCCN2)cc1C=N.Cc1ccc(C)cc1.O=CN1CCCC1. The minimum Gasteiger partial charge on any atom is -0.388 e. The van der Waals surface area contributed by atoms with Crippen LogP contribution < -0.4 is 21.3 Å². The van der Waals surface area contributed by atoms with E-state index in [1.54, 1.807) is 4.90 Å². The van der Waals surface area contributed by atoms with Crippen LogP contribution in [0.1, 0.15) is 67.2 Å². The molecule has 5 rings (SSSR count). The molecular weight excluding hydrogens is 500 g/mol. The zero-order chi connectivity index (χ0) is 29.0. The molecule has 0 aromatic heterocycles. The van der Waals surface area contributed by atoms with Crippen molar-refractivity contribution in [3.05, 3.63) is 64.7 Å². The largest absolute Gasteiger partial charge is 0.388 e. The number of hydrogen-bond donors (Lipinski definition) is 5. The maximum atomic E-state index is 11.9. The highest BCUT2D eigenvalue weighted by atomic mass is 16.2. The summed E-state index contributed by atoms with van der Waals surface area (Å²) in [5.74, 6) is 0.0617. The van der Waals surface area contributed by atoms with Crippen molar-refractivity contribution in [2.24, 2.45) is 0 Å². The molecule has 0 aliphatic carbocycles. The molecule has 3 aliphatic heterocycles. The highest BCUT2D eigenvalue weighted by molar-refractivity contribution is 5.86. The maximum Gasteiger partial charge on any atom is 0.237 e. The maximum absolute atomic E-state index is 11.9. The molecule has 5 N–H and O–H groups in total. The number of benzene rings is 2. The van der Waals surface area contributed by atoms with Gasteiger partial charge in [-0.15, -0.1) is 0 Å². The molecule has 8 heteroatoms. The van der Waals surface area contributed by atoms with Gasteiger partial charge in [0.05, 0.1) is 6.04 Å². The summed E-state index contributed by atoms with van der Waals surface area (Å²) in [6.45, 7) is 10.1. The van der Waals surface area contributed by atoms with E-state index in [-0.39, 0.29) is 11.9 Å². The van der Waals surface area contributed by atoms with Gasteiger partial charge in [-0.2, -0.15) is 0 Å². The van der Waals surface area contributed by atoms with Crippen LogP contribution in [0, 0.1) is 19.3 Å². The van der Waals surface area contributed by atoms with E-state index in [1.807, 2.05) is 25.2 Å². The molecule has 8 nitrogen and oxygen atoms in total. The minimum atomic E-state index is -0.0428. The number of nitrogens with one attached hydrogen (secondary N) is 5. The normalized spacial score (nSPS) is 17.6. The molecule has 2 amide bonds. The average molecular weight is 551 g/mol. The first-order chi connectivity index (χ1) is 19.5. The third kappa shape index (κ3) is 13.2. The van der Waals surface area contributed by atoms with E-state index in [9.17, 15) is 9.59 Å². The van der Waals surface area contributed by atoms with Gasteiger partial charge < -0.3 is 31.6 Å². The van der Waals surface area contributed by atoms with Crippen LogP contribution in [0.2, 0.25) is 0 Å². The lowest BCUT2D eigenvalue weighted by Gasteiger charge is -2.12. The number of hydrogen-bond acceptors (Lipinski definition) is 6. The molecule has 0 bridgehead atoms. The van der Waals surface area contributed by atoms with E-state index in [1.165, 1.54) is 62.5 Å². The summed E-state index contributed by atoms with van der Waals surface area (Å²) < 4.78 is 0. The lowest BCUT2D eigenvalue weighted by atomic mass is 10.1. The minimum absolute atomic E-state index is 0.0428. The van der Waals surface area contributed by atoms with Crippen molar-refractivity contribution in [1.82, 2.24) is 20.9 Å². The van der Waals surface area contributed by atoms with Crippen LogP contribution in [-0.4, -0.2) is 69.2 Å². The Balaban J connectivity index is 0.000000217. The van der Waals surface area contributed by atoms with E-state index in [2.05, 4.69) is 59.4 Å². The fourth-order valence-electron chi connectivity index (χ4n) is 4.58. The molecule has 1 atom stereocenters. The summed E-state index contributed by atoms with van der Waals surface area (Å²) >= 11 is 0. The van der Waals surface area contributed by atoms with Crippen LogP contribution in [-0.2, 0) is 16.1 Å². The Morgan fingerprint density at radius 3 is 2.02 bits per heavy atom. The first-order valence-electron chi connectivity index (χ1n) is 14.7. The highest BCUT2D eigenvalue weighted by Gasteiger charge is 2.21. The average Bonchev–Trinajstić information content (AvgIpc) is 3.74. The van der Waals surface area contributed by atoms with Crippen LogP contribution in [0.3, 0.4) is 0 Å². The summed E-state index contributed by atoms with van der Waals surface area (Å²) in [6, 6.07) is 14.2. The molecule has 0 radical (unpaired) electrons. The number of aryl methyl sites for hydroxylation is 2. The molecule has 0 saturated carbocycles. The Morgan fingerprint density at radius 2 is 1.60 bits per heavy atom. The van der Waals surface area contributed by atoms with Gasteiger partial charge in [0, 0.05) is 44.1 Å². The molecule has 40 heavy (non-hydrogen) atoms. The van der Waals surface area contributed by atoms with Crippen LogP contribution in [0.4, 0.5) is 5.69 Å². The predicted molar refractivity (Wildman–Crippen MR) is 166 cm³/mol. The molecular formula is C32H50N6O2. The van der Waals surface area contributed by atoms with E-state index >= 15 is 0 Å². The summed E-state index contributed by atoms with van der Waals surface area (Å²) in [4.78, 5) is 23.6. The lowest BCUT2D eigenvalue weighted by Crippen LogP contribution is -2.40. The number of piperidine rings is 1. The van der Waals surface area contributed by atoms with Gasteiger partial charge in [-0.25, -0.2) is 0 Å². The second-order valence-corrected chi connectivity index (χ2v) is 10.5. The Labute approximate surface area is 241 Å². The topological polar surface area (TPSA) is 109 Å². The first kappa shape index (κ1) is 33.0. The lowest BCUT2D eigenvalue weighted by molar-refractivity contribution is -0.123. The third-order valence-corrected chi connectivity index (χ3v) is 7.10. The molecule has 3 aliphatic rings. The van der Waals surface area contributed by atoms with Gasteiger partial charge in [0.1, 0.15) is 0 Å². The van der Waals surface area contributed by atoms with Gasteiger partial charge in [0.15, 0.2) is 0 Å². The molecule has 3 heterocycles. The molecule has 220 valence electrons. The number of anilines is 1. The number of amides is 2. The highest BCUT2D eigenvalue weighted by Crippen LogP contribution is 2.15. The Hall–Kier alpha value is -3.23. The van der Waals surface area contributed by atoms with Gasteiger partial charge in [-0.1, -0.05) is 47.9 Å². The number of rotatable bonds is 6. The van der Waals surface area contributed by atoms with Crippen molar-refractivity contribution in [2.45, 2.75) is 71.4 Å². The zero-order valence-electron chi connectivity index (χ0n) is 24.7. The van der Waals surface area contributed by atoms with Crippen LogP contribution in [0.5, 0.6) is 0 Å². The monoisotopic (exact) mass is 550 g/mol. The molecule has 3 fully saturated rings. The smallest absolute Gasteiger partial charge is 0.237 e. The van der Waals surface area contributed by atoms with Crippen molar-refractivity contribution in [1.29, 1.82) is 5.41 Å². The van der Waals surface area contributed by atoms with Gasteiger partial charge in [0.2, 0.25) is 12.3 Å². The summed E-state index contributed by atoms with van der Waals surface area (Å²) in [5.41, 5.74) is 5.41. The second kappa shape index (κ2) is 19.8. The zero-order valence-corrected chi connectivity index (χ0v) is 24.7. The number of nitrogens with zero attached hydrogens (tertiary/aromatic N) is 1. The molecule has 1 unspecified atom stereocenters. The van der Waals surface area contributed by atoms with E-state index in [4.69, 9.17) is 5.41 Å². The van der Waals surface area contributed by atoms with Crippen LogP contribution in [0.15, 0.2) is 42.5 Å². The van der Waals surface area contributed by atoms with Crippen molar-refractivity contribution in [3.8, 4) is 0 Å². The van der Waals surface area contributed by atoms with Crippen LogP contribution in [0.25, 0.3) is 0 Å². The quantitative estimate of drug-likeness (QED) is 0.271. The summed E-state index contributed by atoms with van der Waals surface area (Å²) in [5, 5.41) is 19.8. The fourth-order valence-corrected chi connectivity index (χ4v) is 4.58. The Kier molecular flexibility index (Phi) is 16.3. The van der Waals surface area contributed by atoms with Gasteiger partial charge in [0.25, 0.3) is 0 Å². The Bertz CT molecular complexity index is 962. The van der Waals surface area contributed by atoms with Gasteiger partial charge in [-0.05, 0) is 89.7 Å². The number of carbonyl (C=O) groups excluding carboxylic acids is 2. The van der Waals surface area contributed by atoms with Crippen LogP contribution >= 0.6 is 0 Å². The Morgan fingerprint density at radius 1 is 0.950 bits per heavy atom. The van der Waals surface area contributed by atoms with E-state index in [0.29, 0.717) is 6.54 Å². The van der Waals surface area contributed by atoms with Crippen molar-refractivity contribution in [3.63, 3.8) is 0 Å². The molecule has 2 aromatic carbocycles. The summed E-state index contributed by atoms with van der Waals surface area (Å²) in [6.07, 6.45) is 10.8. The second-order valence-electron chi connectivity index (χ2n) is 10.5. The van der Waals surface area contributed by atoms with E-state index in [0.717, 1.165) is 55.7 Å². The van der Waals surface area contributed by atoms with E-state index < -0.39 is 0 Å². The summed E-state index contributed by atoms with van der Waals surface area (Å²) in [7, 11) is 1.83. The van der Waals surface area contributed by atoms with Gasteiger partial charge in [-0.3, -0.25) is 9.59 Å². The predicted octanol–water partition coefficient (Wildman–Crippen LogP) is 4.40. The first-order valence-corrected chi connectivity index (χ1v) is 14.7. The molecule has 2 aromatic rings. The van der Waals surface area contributed by atoms with Gasteiger partial charge >= 0.3 is 0 Å². The molecule has 0 spiro atoms. The fraction of sp³-hybridized carbons (Fsp3) is 0.531. The van der Waals surface area contributed by atoms with Crippen molar-refractivity contribution < 1.29 is 9.59 Å².